The summed E-state index contributed by atoms with van der Waals surface area (Å²) in [6.45, 7) is 0. The fourth-order valence-electron chi connectivity index (χ4n) is 4.10. The number of benzene rings is 4. The molecule has 2 amide bonds. The van der Waals surface area contributed by atoms with Crippen molar-refractivity contribution < 1.29 is 14.3 Å². The monoisotopic (exact) mass is 406 g/mol. The van der Waals surface area contributed by atoms with Crippen molar-refractivity contribution in [3.05, 3.63) is 96.1 Å². The fourth-order valence-corrected chi connectivity index (χ4v) is 4.10. The van der Waals surface area contributed by atoms with E-state index in [9.17, 15) is 4.79 Å². The Morgan fingerprint density at radius 1 is 0.613 bits per heavy atom. The van der Waals surface area contributed by atoms with Crippen LogP contribution in [0.4, 0.5) is 16.2 Å². The average Bonchev–Trinajstić information content (AvgIpc) is 3.15. The number of ether oxygens (including phenoxy) is 2. The molecule has 1 heterocycles. The highest BCUT2D eigenvalue weighted by atomic mass is 16.6. The zero-order valence-electron chi connectivity index (χ0n) is 16.5. The summed E-state index contributed by atoms with van der Waals surface area (Å²) in [7, 11) is 0. The standard InChI is InChI=1S/C26H18N2O3/c29-26(27-18-10-9-17-13-16-5-1-2-6-20(16)21(17)14-18)28-19-11-12-24-25(15-19)31-23-8-4-3-7-22(23)30-24/h1-12,14-15H,13H2,(H2,27,28,29). The van der Waals surface area contributed by atoms with Crippen LogP contribution in [-0.4, -0.2) is 6.03 Å². The first-order chi connectivity index (χ1) is 15.2. The van der Waals surface area contributed by atoms with E-state index < -0.39 is 0 Å². The zero-order valence-corrected chi connectivity index (χ0v) is 16.5. The summed E-state index contributed by atoms with van der Waals surface area (Å²) in [6, 6.07) is 26.9. The molecule has 0 fully saturated rings. The molecule has 6 rings (SSSR count). The topological polar surface area (TPSA) is 59.6 Å². The molecular weight excluding hydrogens is 388 g/mol. The molecule has 0 radical (unpaired) electrons. The smallest absolute Gasteiger partial charge is 0.323 e. The van der Waals surface area contributed by atoms with Crippen LogP contribution >= 0.6 is 0 Å². The van der Waals surface area contributed by atoms with E-state index in [2.05, 4.69) is 34.9 Å². The average molecular weight is 406 g/mol. The van der Waals surface area contributed by atoms with Gasteiger partial charge in [-0.2, -0.15) is 0 Å². The SMILES string of the molecule is O=C(Nc1ccc2c(c1)Oc1ccccc1O2)Nc1ccc2c(c1)-c1ccccc1C2. The Balaban J connectivity index is 1.19. The molecule has 4 aromatic carbocycles. The summed E-state index contributed by atoms with van der Waals surface area (Å²) in [4.78, 5) is 12.6. The van der Waals surface area contributed by atoms with E-state index in [1.165, 1.54) is 22.3 Å². The Kier molecular flexibility index (Phi) is 3.93. The van der Waals surface area contributed by atoms with Crippen molar-refractivity contribution >= 4 is 17.4 Å². The fraction of sp³-hybridized carbons (Fsp3) is 0.0385. The van der Waals surface area contributed by atoms with E-state index in [-0.39, 0.29) is 6.03 Å². The van der Waals surface area contributed by atoms with Crippen molar-refractivity contribution in [2.75, 3.05) is 10.6 Å². The summed E-state index contributed by atoms with van der Waals surface area (Å²) in [5.74, 6) is 2.49. The molecule has 0 atom stereocenters. The molecule has 5 heteroatoms. The van der Waals surface area contributed by atoms with E-state index in [0.29, 0.717) is 28.7 Å². The van der Waals surface area contributed by atoms with Crippen LogP contribution < -0.4 is 20.1 Å². The third-order valence-electron chi connectivity index (χ3n) is 5.55. The number of hydrogen-bond acceptors (Lipinski definition) is 3. The first kappa shape index (κ1) is 17.6. The number of nitrogens with one attached hydrogen (secondary N) is 2. The summed E-state index contributed by atoms with van der Waals surface area (Å²) >= 11 is 0. The number of urea groups is 1. The highest BCUT2D eigenvalue weighted by Crippen LogP contribution is 2.45. The van der Waals surface area contributed by atoms with Gasteiger partial charge >= 0.3 is 6.03 Å². The number of hydrogen-bond donors (Lipinski definition) is 2. The van der Waals surface area contributed by atoms with Gasteiger partial charge in [0.2, 0.25) is 0 Å². The first-order valence-corrected chi connectivity index (χ1v) is 10.1. The minimum Gasteiger partial charge on any atom is -0.450 e. The van der Waals surface area contributed by atoms with Crippen molar-refractivity contribution in [1.82, 2.24) is 0 Å². The first-order valence-electron chi connectivity index (χ1n) is 10.1. The van der Waals surface area contributed by atoms with Crippen LogP contribution in [0.2, 0.25) is 0 Å². The minimum absolute atomic E-state index is 0.316. The molecule has 1 aliphatic carbocycles. The Labute approximate surface area is 179 Å². The van der Waals surface area contributed by atoms with E-state index in [1.54, 1.807) is 18.2 Å². The van der Waals surface area contributed by atoms with Gasteiger partial charge in [0, 0.05) is 17.4 Å². The molecule has 31 heavy (non-hydrogen) atoms. The van der Waals surface area contributed by atoms with Crippen LogP contribution in [0, 0.1) is 0 Å². The summed E-state index contributed by atoms with van der Waals surface area (Å²) in [5, 5.41) is 5.79. The van der Waals surface area contributed by atoms with Gasteiger partial charge in [-0.25, -0.2) is 4.79 Å². The zero-order chi connectivity index (χ0) is 20.8. The number of anilines is 2. The van der Waals surface area contributed by atoms with Gasteiger partial charge in [-0.05, 0) is 65.1 Å². The Morgan fingerprint density at radius 2 is 1.23 bits per heavy atom. The van der Waals surface area contributed by atoms with Gasteiger partial charge in [-0.1, -0.05) is 42.5 Å². The van der Waals surface area contributed by atoms with Crippen molar-refractivity contribution in [2.24, 2.45) is 0 Å². The summed E-state index contributed by atoms with van der Waals surface area (Å²) in [6.07, 6.45) is 0.929. The predicted molar refractivity (Wildman–Crippen MR) is 120 cm³/mol. The van der Waals surface area contributed by atoms with Gasteiger partial charge in [-0.3, -0.25) is 0 Å². The third kappa shape index (κ3) is 3.16. The Morgan fingerprint density at radius 3 is 2.06 bits per heavy atom. The van der Waals surface area contributed by atoms with E-state index in [1.807, 2.05) is 42.5 Å². The molecule has 150 valence electrons. The minimum atomic E-state index is -0.316. The lowest BCUT2D eigenvalue weighted by atomic mass is 10.1. The lowest BCUT2D eigenvalue weighted by molar-refractivity contribution is 0.262. The van der Waals surface area contributed by atoms with Crippen LogP contribution in [0.1, 0.15) is 11.1 Å². The molecule has 0 aromatic heterocycles. The number of carbonyl (C=O) groups is 1. The lowest BCUT2D eigenvalue weighted by Crippen LogP contribution is -2.19. The second-order valence-electron chi connectivity index (χ2n) is 7.60. The van der Waals surface area contributed by atoms with E-state index in [0.717, 1.165) is 12.1 Å². The largest absolute Gasteiger partial charge is 0.450 e. The molecular formula is C26H18N2O3. The van der Waals surface area contributed by atoms with Crippen LogP contribution in [0.25, 0.3) is 11.1 Å². The molecule has 5 nitrogen and oxygen atoms in total. The predicted octanol–water partition coefficient (Wildman–Crippen LogP) is 6.80. The van der Waals surface area contributed by atoms with Crippen LogP contribution in [0.15, 0.2) is 84.9 Å². The Bertz CT molecular complexity index is 1350. The van der Waals surface area contributed by atoms with Gasteiger partial charge in [-0.15, -0.1) is 0 Å². The maximum atomic E-state index is 12.6. The molecule has 0 spiro atoms. The third-order valence-corrected chi connectivity index (χ3v) is 5.55. The molecule has 0 saturated carbocycles. The quantitative estimate of drug-likeness (QED) is 0.332. The van der Waals surface area contributed by atoms with Crippen LogP contribution in [0.3, 0.4) is 0 Å². The molecule has 4 aromatic rings. The highest BCUT2D eigenvalue weighted by molar-refractivity contribution is 6.00. The molecule has 0 saturated heterocycles. The van der Waals surface area contributed by atoms with Gasteiger partial charge < -0.3 is 20.1 Å². The van der Waals surface area contributed by atoms with Crippen LogP contribution in [-0.2, 0) is 6.42 Å². The Hall–Kier alpha value is -4.25. The van der Waals surface area contributed by atoms with Gasteiger partial charge in [0.05, 0.1) is 0 Å². The number of fused-ring (bicyclic) bond motifs is 5. The van der Waals surface area contributed by atoms with Gasteiger partial charge in [0.1, 0.15) is 0 Å². The molecule has 1 aliphatic heterocycles. The molecule has 2 N–H and O–H groups in total. The number of rotatable bonds is 2. The van der Waals surface area contributed by atoms with Gasteiger partial charge in [0.15, 0.2) is 23.0 Å². The van der Waals surface area contributed by atoms with Crippen LogP contribution in [0.5, 0.6) is 23.0 Å². The van der Waals surface area contributed by atoms with Crippen molar-refractivity contribution in [1.29, 1.82) is 0 Å². The number of amides is 2. The maximum Gasteiger partial charge on any atom is 0.323 e. The molecule has 0 bridgehead atoms. The number of carbonyl (C=O) groups excluding carboxylic acids is 1. The lowest BCUT2D eigenvalue weighted by Gasteiger charge is -2.21. The molecule has 2 aliphatic rings. The van der Waals surface area contributed by atoms with Crippen molar-refractivity contribution in [2.45, 2.75) is 6.42 Å². The van der Waals surface area contributed by atoms with E-state index in [4.69, 9.17) is 9.47 Å². The maximum absolute atomic E-state index is 12.6. The number of para-hydroxylation sites is 2. The highest BCUT2D eigenvalue weighted by Gasteiger charge is 2.20. The van der Waals surface area contributed by atoms with Crippen molar-refractivity contribution in [3.8, 4) is 34.1 Å². The normalized spacial score (nSPS) is 12.4. The van der Waals surface area contributed by atoms with Gasteiger partial charge in [0.25, 0.3) is 0 Å². The molecule has 0 unspecified atom stereocenters. The summed E-state index contributed by atoms with van der Waals surface area (Å²) in [5.41, 5.74) is 6.36. The second kappa shape index (κ2) is 6.92. The van der Waals surface area contributed by atoms with E-state index >= 15 is 0 Å². The summed E-state index contributed by atoms with van der Waals surface area (Å²) < 4.78 is 11.8. The van der Waals surface area contributed by atoms with Crippen molar-refractivity contribution in [3.63, 3.8) is 0 Å². The second-order valence-corrected chi connectivity index (χ2v) is 7.60.